The van der Waals surface area contributed by atoms with Gasteiger partial charge in [0.1, 0.15) is 5.75 Å². The fourth-order valence-corrected chi connectivity index (χ4v) is 3.65. The average Bonchev–Trinajstić information content (AvgIpc) is 2.84. The predicted octanol–water partition coefficient (Wildman–Crippen LogP) is 2.90. The maximum Gasteiger partial charge on any atom is 0.290 e. The second-order valence-electron chi connectivity index (χ2n) is 7.85. The molecule has 0 aliphatic rings. The third-order valence-electron chi connectivity index (χ3n) is 5.33. The maximum atomic E-state index is 12.9. The van der Waals surface area contributed by atoms with E-state index in [-0.39, 0.29) is 24.4 Å². The van der Waals surface area contributed by atoms with Crippen molar-refractivity contribution in [2.45, 2.75) is 20.4 Å². The van der Waals surface area contributed by atoms with Gasteiger partial charge >= 0.3 is 0 Å². The van der Waals surface area contributed by atoms with Gasteiger partial charge in [0.2, 0.25) is 0 Å². The maximum absolute atomic E-state index is 12.9. The molecule has 0 saturated heterocycles. The van der Waals surface area contributed by atoms with E-state index < -0.39 is 11.8 Å². The molecule has 0 aliphatic carbocycles. The number of rotatable bonds is 6. The predicted molar refractivity (Wildman–Crippen MR) is 129 cm³/mol. The number of aryl methyl sites for hydroxylation is 2. The second-order valence-corrected chi connectivity index (χ2v) is 7.85. The molecule has 0 aliphatic heterocycles. The molecule has 4 rings (SSSR count). The molecule has 2 N–H and O–H groups in total. The second kappa shape index (κ2) is 9.99. The van der Waals surface area contributed by atoms with E-state index in [0.29, 0.717) is 16.5 Å². The summed E-state index contributed by atoms with van der Waals surface area (Å²) >= 11 is 0. The Kier molecular flexibility index (Phi) is 6.68. The van der Waals surface area contributed by atoms with Gasteiger partial charge in [-0.05, 0) is 36.6 Å². The summed E-state index contributed by atoms with van der Waals surface area (Å²) in [6.45, 7) is 3.72. The highest BCUT2D eigenvalue weighted by atomic mass is 16.5. The van der Waals surface area contributed by atoms with Crippen LogP contribution in [0.2, 0.25) is 0 Å². The molecule has 8 heteroatoms. The number of aromatic nitrogens is 2. The molecule has 0 bridgehead atoms. The zero-order chi connectivity index (χ0) is 24.1. The molecular weight excluding hydrogens is 432 g/mol. The van der Waals surface area contributed by atoms with Gasteiger partial charge in [0, 0.05) is 5.39 Å². The van der Waals surface area contributed by atoms with Crippen molar-refractivity contribution in [3.8, 4) is 5.75 Å². The van der Waals surface area contributed by atoms with E-state index >= 15 is 0 Å². The first kappa shape index (κ1) is 22.7. The standard InChI is InChI=1S/C26H24N4O4/c1-17-9-8-10-18(2)24(17)34-16-22(31)27-28-25(32)23-20-13-6-7-14-21(20)26(33)30(29-23)15-19-11-4-3-5-12-19/h3-14H,15-16H2,1-2H3,(H,27,31)(H,28,32). The van der Waals surface area contributed by atoms with Crippen LogP contribution in [0.3, 0.4) is 0 Å². The number of fused-ring (bicyclic) bond motifs is 1. The Morgan fingerprint density at radius 2 is 1.50 bits per heavy atom. The van der Waals surface area contributed by atoms with Crippen LogP contribution in [0.1, 0.15) is 27.2 Å². The molecule has 1 aromatic heterocycles. The summed E-state index contributed by atoms with van der Waals surface area (Å²) in [6, 6.07) is 21.8. The van der Waals surface area contributed by atoms with Crippen LogP contribution in [0.4, 0.5) is 0 Å². The van der Waals surface area contributed by atoms with Crippen molar-refractivity contribution in [2.75, 3.05) is 6.61 Å². The van der Waals surface area contributed by atoms with Gasteiger partial charge in [-0.3, -0.25) is 25.2 Å². The number of hydrogen-bond donors (Lipinski definition) is 2. The van der Waals surface area contributed by atoms with Crippen LogP contribution in [0.5, 0.6) is 5.75 Å². The number of hydrogen-bond acceptors (Lipinski definition) is 5. The molecule has 0 atom stereocenters. The zero-order valence-corrected chi connectivity index (χ0v) is 18.9. The summed E-state index contributed by atoms with van der Waals surface area (Å²) in [7, 11) is 0. The van der Waals surface area contributed by atoms with Gasteiger partial charge < -0.3 is 4.74 Å². The minimum Gasteiger partial charge on any atom is -0.483 e. The van der Waals surface area contributed by atoms with E-state index in [2.05, 4.69) is 16.0 Å². The number of amides is 2. The van der Waals surface area contributed by atoms with Crippen LogP contribution < -0.4 is 21.1 Å². The summed E-state index contributed by atoms with van der Waals surface area (Å²) in [4.78, 5) is 38.1. The normalized spacial score (nSPS) is 10.6. The molecule has 0 unspecified atom stereocenters. The van der Waals surface area contributed by atoms with Crippen LogP contribution in [0.15, 0.2) is 77.6 Å². The number of nitrogens with zero attached hydrogens (tertiary/aromatic N) is 2. The van der Waals surface area contributed by atoms with E-state index in [1.54, 1.807) is 24.3 Å². The molecule has 2 amide bonds. The fraction of sp³-hybridized carbons (Fsp3) is 0.154. The number of nitrogens with one attached hydrogen (secondary N) is 2. The lowest BCUT2D eigenvalue weighted by Gasteiger charge is -2.13. The molecule has 4 aromatic rings. The van der Waals surface area contributed by atoms with Crippen LogP contribution >= 0.6 is 0 Å². The molecule has 0 radical (unpaired) electrons. The van der Waals surface area contributed by atoms with Gasteiger partial charge in [-0.25, -0.2) is 4.68 Å². The molecule has 8 nitrogen and oxygen atoms in total. The molecule has 0 spiro atoms. The molecule has 3 aromatic carbocycles. The minimum atomic E-state index is -0.640. The SMILES string of the molecule is Cc1cccc(C)c1OCC(=O)NNC(=O)c1nn(Cc2ccccc2)c(=O)c2ccccc12. The Bertz CT molecular complexity index is 1390. The number of ether oxygens (including phenoxy) is 1. The summed E-state index contributed by atoms with van der Waals surface area (Å²) in [6.07, 6.45) is 0. The van der Waals surface area contributed by atoms with Gasteiger partial charge in [-0.15, -0.1) is 0 Å². The van der Waals surface area contributed by atoms with E-state index in [0.717, 1.165) is 16.7 Å². The average molecular weight is 457 g/mol. The fourth-order valence-electron chi connectivity index (χ4n) is 3.65. The monoisotopic (exact) mass is 456 g/mol. The number of carbonyl (C=O) groups is 2. The van der Waals surface area contributed by atoms with Crippen molar-refractivity contribution in [3.63, 3.8) is 0 Å². The third-order valence-corrected chi connectivity index (χ3v) is 5.33. The molecule has 0 fully saturated rings. The highest BCUT2D eigenvalue weighted by Gasteiger charge is 2.18. The number of carbonyl (C=O) groups excluding carboxylic acids is 2. The smallest absolute Gasteiger partial charge is 0.290 e. The molecular formula is C26H24N4O4. The lowest BCUT2D eigenvalue weighted by atomic mass is 10.1. The Balaban J connectivity index is 1.51. The Morgan fingerprint density at radius 3 is 2.21 bits per heavy atom. The van der Waals surface area contributed by atoms with Crippen LogP contribution in [-0.4, -0.2) is 28.2 Å². The van der Waals surface area contributed by atoms with Gasteiger partial charge in [0.15, 0.2) is 12.3 Å². The lowest BCUT2D eigenvalue weighted by Crippen LogP contribution is -2.44. The van der Waals surface area contributed by atoms with Crippen molar-refractivity contribution in [1.29, 1.82) is 0 Å². The number of benzene rings is 3. The summed E-state index contributed by atoms with van der Waals surface area (Å²) in [5, 5.41) is 5.06. The summed E-state index contributed by atoms with van der Waals surface area (Å²) in [5.41, 5.74) is 7.14. The van der Waals surface area contributed by atoms with Crippen molar-refractivity contribution >= 4 is 22.6 Å². The first-order valence-electron chi connectivity index (χ1n) is 10.8. The van der Waals surface area contributed by atoms with Crippen LogP contribution in [0.25, 0.3) is 10.8 Å². The van der Waals surface area contributed by atoms with Gasteiger partial charge in [0.25, 0.3) is 17.4 Å². The summed E-state index contributed by atoms with van der Waals surface area (Å²) in [5.74, 6) is -0.541. The largest absolute Gasteiger partial charge is 0.483 e. The Labute approximate surface area is 196 Å². The molecule has 34 heavy (non-hydrogen) atoms. The molecule has 1 heterocycles. The summed E-state index contributed by atoms with van der Waals surface area (Å²) < 4.78 is 6.86. The Morgan fingerprint density at radius 1 is 0.853 bits per heavy atom. The van der Waals surface area contributed by atoms with Gasteiger partial charge in [-0.2, -0.15) is 5.10 Å². The van der Waals surface area contributed by atoms with E-state index in [4.69, 9.17) is 4.74 Å². The minimum absolute atomic E-state index is 0.0297. The van der Waals surface area contributed by atoms with E-state index in [1.807, 2.05) is 62.4 Å². The third kappa shape index (κ3) is 4.96. The zero-order valence-electron chi connectivity index (χ0n) is 18.9. The van der Waals surface area contributed by atoms with Crippen molar-refractivity contribution in [2.24, 2.45) is 0 Å². The van der Waals surface area contributed by atoms with E-state index in [1.165, 1.54) is 4.68 Å². The van der Waals surface area contributed by atoms with Crippen molar-refractivity contribution < 1.29 is 14.3 Å². The Hall–Kier alpha value is -4.46. The first-order chi connectivity index (χ1) is 16.4. The molecule has 172 valence electrons. The van der Waals surface area contributed by atoms with Gasteiger partial charge in [-0.1, -0.05) is 66.7 Å². The van der Waals surface area contributed by atoms with Crippen LogP contribution in [-0.2, 0) is 11.3 Å². The highest BCUT2D eigenvalue weighted by molar-refractivity contribution is 6.05. The first-order valence-corrected chi connectivity index (χ1v) is 10.8. The number of para-hydroxylation sites is 1. The lowest BCUT2D eigenvalue weighted by molar-refractivity contribution is -0.123. The van der Waals surface area contributed by atoms with Crippen molar-refractivity contribution in [3.05, 3.63) is 106 Å². The van der Waals surface area contributed by atoms with Gasteiger partial charge in [0.05, 0.1) is 11.9 Å². The topological polar surface area (TPSA) is 102 Å². The van der Waals surface area contributed by atoms with E-state index in [9.17, 15) is 14.4 Å². The quantitative estimate of drug-likeness (QED) is 0.435. The van der Waals surface area contributed by atoms with Crippen molar-refractivity contribution in [1.82, 2.24) is 20.6 Å². The number of hydrazine groups is 1. The molecule has 0 saturated carbocycles. The highest BCUT2D eigenvalue weighted by Crippen LogP contribution is 2.22. The van der Waals surface area contributed by atoms with Crippen LogP contribution in [0, 0.1) is 13.8 Å².